The van der Waals surface area contributed by atoms with Crippen LogP contribution in [-0.2, 0) is 11.3 Å². The number of hydrogen-bond donors (Lipinski definition) is 2. The van der Waals surface area contributed by atoms with Gasteiger partial charge in [0.25, 0.3) is 11.5 Å². The summed E-state index contributed by atoms with van der Waals surface area (Å²) in [5, 5.41) is 11.0. The molecule has 0 aliphatic rings. The van der Waals surface area contributed by atoms with Crippen molar-refractivity contribution >= 4 is 34.0 Å². The summed E-state index contributed by atoms with van der Waals surface area (Å²) in [4.78, 5) is 39.4. The van der Waals surface area contributed by atoms with Crippen molar-refractivity contribution in [1.29, 1.82) is 0 Å². The fraction of sp³-hybridized carbons (Fsp3) is 0.211. The summed E-state index contributed by atoms with van der Waals surface area (Å²) in [6, 6.07) is 6.91. The maximum absolute atomic E-state index is 14.4. The van der Waals surface area contributed by atoms with E-state index in [2.05, 4.69) is 20.7 Å². The standard InChI is InChI=1S/C19H18FN5O3S/c1-3-8-25-17(27)7-6-15(24-25)18(28)23-19-22-16(10-29-19)13-5-4-12(9-14(13)20)21-11(2)26/h4-7,9-10H,3,8H2,1-2H3,(H,21,26)(H,22,23,28). The average Bonchev–Trinajstić information content (AvgIpc) is 3.11. The molecular formula is C19H18FN5O3S. The quantitative estimate of drug-likeness (QED) is 0.643. The van der Waals surface area contributed by atoms with E-state index in [0.29, 0.717) is 24.3 Å². The van der Waals surface area contributed by atoms with Crippen molar-refractivity contribution in [2.75, 3.05) is 10.6 Å². The van der Waals surface area contributed by atoms with E-state index >= 15 is 0 Å². The average molecular weight is 415 g/mol. The highest BCUT2D eigenvalue weighted by Gasteiger charge is 2.15. The summed E-state index contributed by atoms with van der Waals surface area (Å²) in [6.45, 7) is 3.65. The Hall–Kier alpha value is -3.40. The summed E-state index contributed by atoms with van der Waals surface area (Å²) >= 11 is 1.13. The summed E-state index contributed by atoms with van der Waals surface area (Å²) in [6.07, 6.45) is 0.708. The lowest BCUT2D eigenvalue weighted by molar-refractivity contribution is -0.114. The van der Waals surface area contributed by atoms with Gasteiger partial charge in [-0.05, 0) is 30.7 Å². The fourth-order valence-electron chi connectivity index (χ4n) is 2.56. The second-order valence-electron chi connectivity index (χ2n) is 6.15. The third kappa shape index (κ3) is 4.91. The Morgan fingerprint density at radius 1 is 1.21 bits per heavy atom. The van der Waals surface area contributed by atoms with Gasteiger partial charge in [0.2, 0.25) is 5.91 Å². The van der Waals surface area contributed by atoms with Crippen LogP contribution in [0.3, 0.4) is 0 Å². The van der Waals surface area contributed by atoms with Crippen molar-refractivity contribution in [3.05, 3.63) is 57.6 Å². The first-order chi connectivity index (χ1) is 13.9. The number of aromatic nitrogens is 3. The molecule has 0 aliphatic heterocycles. The van der Waals surface area contributed by atoms with E-state index in [4.69, 9.17) is 0 Å². The van der Waals surface area contributed by atoms with Gasteiger partial charge >= 0.3 is 0 Å². The molecule has 0 radical (unpaired) electrons. The van der Waals surface area contributed by atoms with Crippen LogP contribution in [-0.4, -0.2) is 26.6 Å². The highest BCUT2D eigenvalue weighted by Crippen LogP contribution is 2.28. The van der Waals surface area contributed by atoms with Gasteiger partial charge in [-0.25, -0.2) is 14.1 Å². The fourth-order valence-corrected chi connectivity index (χ4v) is 3.27. The van der Waals surface area contributed by atoms with Gasteiger partial charge in [-0.2, -0.15) is 5.10 Å². The van der Waals surface area contributed by atoms with Crippen LogP contribution in [0.1, 0.15) is 30.8 Å². The van der Waals surface area contributed by atoms with Crippen LogP contribution >= 0.6 is 11.3 Å². The Balaban J connectivity index is 1.77. The normalized spacial score (nSPS) is 10.6. The Kier molecular flexibility index (Phi) is 6.13. The van der Waals surface area contributed by atoms with Crippen molar-refractivity contribution in [2.24, 2.45) is 0 Å². The lowest BCUT2D eigenvalue weighted by Crippen LogP contribution is -2.26. The van der Waals surface area contributed by atoms with Gasteiger partial charge in [0.15, 0.2) is 5.13 Å². The van der Waals surface area contributed by atoms with Crippen LogP contribution < -0.4 is 16.2 Å². The van der Waals surface area contributed by atoms with E-state index < -0.39 is 11.7 Å². The molecule has 0 spiro atoms. The van der Waals surface area contributed by atoms with Crippen molar-refractivity contribution < 1.29 is 14.0 Å². The molecule has 10 heteroatoms. The van der Waals surface area contributed by atoms with Crippen molar-refractivity contribution in [1.82, 2.24) is 14.8 Å². The number of thiazole rings is 1. The van der Waals surface area contributed by atoms with Crippen molar-refractivity contribution in [2.45, 2.75) is 26.8 Å². The third-order valence-corrected chi connectivity index (χ3v) is 4.58. The molecule has 29 heavy (non-hydrogen) atoms. The van der Waals surface area contributed by atoms with E-state index in [1.165, 1.54) is 35.9 Å². The molecule has 2 aromatic heterocycles. The number of nitrogens with one attached hydrogen (secondary N) is 2. The Morgan fingerprint density at radius 3 is 2.69 bits per heavy atom. The molecule has 2 N–H and O–H groups in total. The number of rotatable bonds is 6. The molecule has 0 saturated heterocycles. The molecule has 3 rings (SSSR count). The van der Waals surface area contributed by atoms with Gasteiger partial charge in [-0.3, -0.25) is 19.7 Å². The zero-order chi connectivity index (χ0) is 21.0. The molecule has 2 amide bonds. The van der Waals surface area contributed by atoms with Crippen LogP contribution in [0.5, 0.6) is 0 Å². The number of amides is 2. The predicted molar refractivity (Wildman–Crippen MR) is 109 cm³/mol. The number of hydrogen-bond acceptors (Lipinski definition) is 6. The van der Waals surface area contributed by atoms with Gasteiger partial charge in [-0.15, -0.1) is 11.3 Å². The minimum Gasteiger partial charge on any atom is -0.326 e. The number of carbonyl (C=O) groups is 2. The first kappa shape index (κ1) is 20.3. The minimum atomic E-state index is -0.548. The highest BCUT2D eigenvalue weighted by molar-refractivity contribution is 7.14. The molecule has 8 nitrogen and oxygen atoms in total. The first-order valence-electron chi connectivity index (χ1n) is 8.80. The molecule has 0 unspecified atom stereocenters. The van der Waals surface area contributed by atoms with E-state index in [1.54, 1.807) is 11.4 Å². The van der Waals surface area contributed by atoms with E-state index in [1.807, 2.05) is 6.92 Å². The number of anilines is 2. The Labute approximate surface area is 169 Å². The molecule has 2 heterocycles. The van der Waals surface area contributed by atoms with Crippen LogP contribution in [0.15, 0.2) is 40.5 Å². The van der Waals surface area contributed by atoms with Crippen LogP contribution in [0, 0.1) is 5.82 Å². The number of carbonyl (C=O) groups excluding carboxylic acids is 2. The monoisotopic (exact) mass is 415 g/mol. The summed E-state index contributed by atoms with van der Waals surface area (Å²) in [5.41, 5.74) is 0.737. The van der Waals surface area contributed by atoms with Gasteiger partial charge in [0.05, 0.1) is 5.69 Å². The molecule has 0 atom stereocenters. The largest absolute Gasteiger partial charge is 0.326 e. The summed E-state index contributed by atoms with van der Waals surface area (Å²) in [5.74, 6) is -1.36. The maximum atomic E-state index is 14.4. The minimum absolute atomic E-state index is 0.0839. The number of benzene rings is 1. The lowest BCUT2D eigenvalue weighted by atomic mass is 10.1. The number of aryl methyl sites for hydroxylation is 1. The molecule has 1 aromatic carbocycles. The maximum Gasteiger partial charge on any atom is 0.277 e. The van der Waals surface area contributed by atoms with E-state index in [9.17, 15) is 18.8 Å². The van der Waals surface area contributed by atoms with Gasteiger partial charge in [-0.1, -0.05) is 6.92 Å². The predicted octanol–water partition coefficient (Wildman–Crippen LogP) is 3.13. The van der Waals surface area contributed by atoms with E-state index in [0.717, 1.165) is 11.3 Å². The Bertz CT molecular complexity index is 1130. The molecule has 0 aliphatic carbocycles. The summed E-state index contributed by atoms with van der Waals surface area (Å²) < 4.78 is 15.6. The smallest absolute Gasteiger partial charge is 0.277 e. The molecule has 3 aromatic rings. The second kappa shape index (κ2) is 8.74. The van der Waals surface area contributed by atoms with Gasteiger partial charge in [0.1, 0.15) is 11.5 Å². The van der Waals surface area contributed by atoms with Crippen LogP contribution in [0.4, 0.5) is 15.2 Å². The topological polar surface area (TPSA) is 106 Å². The number of nitrogens with zero attached hydrogens (tertiary/aromatic N) is 3. The number of halogens is 1. The molecule has 0 fully saturated rings. The van der Waals surface area contributed by atoms with Crippen LogP contribution in [0.25, 0.3) is 11.3 Å². The van der Waals surface area contributed by atoms with Gasteiger partial charge < -0.3 is 5.32 Å². The van der Waals surface area contributed by atoms with E-state index in [-0.39, 0.29) is 27.9 Å². The molecule has 150 valence electrons. The van der Waals surface area contributed by atoms with Crippen molar-refractivity contribution in [3.63, 3.8) is 0 Å². The third-order valence-electron chi connectivity index (χ3n) is 3.82. The highest BCUT2D eigenvalue weighted by atomic mass is 32.1. The molecule has 0 bridgehead atoms. The Morgan fingerprint density at radius 2 is 2.00 bits per heavy atom. The molecular weight excluding hydrogens is 397 g/mol. The first-order valence-corrected chi connectivity index (χ1v) is 9.68. The van der Waals surface area contributed by atoms with Crippen LogP contribution in [0.2, 0.25) is 0 Å². The van der Waals surface area contributed by atoms with Gasteiger partial charge in [0, 0.05) is 36.2 Å². The zero-order valence-electron chi connectivity index (χ0n) is 15.7. The summed E-state index contributed by atoms with van der Waals surface area (Å²) in [7, 11) is 0. The SMILES string of the molecule is CCCn1nc(C(=O)Nc2nc(-c3ccc(NC(C)=O)cc3F)cs2)ccc1=O. The lowest BCUT2D eigenvalue weighted by Gasteiger charge is -2.06. The second-order valence-corrected chi connectivity index (χ2v) is 7.01. The van der Waals surface area contributed by atoms with Crippen molar-refractivity contribution in [3.8, 4) is 11.3 Å². The molecule has 0 saturated carbocycles. The zero-order valence-corrected chi connectivity index (χ0v) is 16.5.